The first-order chi connectivity index (χ1) is 7.78. The van der Waals surface area contributed by atoms with Crippen LogP contribution in [0.5, 0.6) is 0 Å². The summed E-state index contributed by atoms with van der Waals surface area (Å²) in [7, 11) is -10.7. The van der Waals surface area contributed by atoms with Gasteiger partial charge in [-0.1, -0.05) is 11.6 Å². The van der Waals surface area contributed by atoms with Crippen LogP contribution in [0.1, 0.15) is 6.92 Å². The van der Waals surface area contributed by atoms with Gasteiger partial charge in [0.1, 0.15) is 13.1 Å². The zero-order valence-electron chi connectivity index (χ0n) is 9.43. The number of nitrogens with one attached hydrogen (secondary N) is 1. The fourth-order valence-electron chi connectivity index (χ4n) is 0.964. The maximum atomic E-state index is 9.87. The van der Waals surface area contributed by atoms with Crippen LogP contribution in [0.15, 0.2) is 0 Å². The van der Waals surface area contributed by atoms with Crippen LogP contribution in [0, 0.1) is 0 Å². The fourth-order valence-corrected chi connectivity index (χ4v) is 1.23. The number of rotatable bonds is 2. The summed E-state index contributed by atoms with van der Waals surface area (Å²) in [6.07, 6.45) is 1.97. The van der Waals surface area contributed by atoms with Crippen molar-refractivity contribution in [2.24, 2.45) is 0 Å². The Morgan fingerprint density at radius 2 is 1.83 bits per heavy atom. The summed E-state index contributed by atoms with van der Waals surface area (Å²) in [5.41, 5.74) is -0.154. The normalized spacial score (nSPS) is 26.7. The van der Waals surface area contributed by atoms with Crippen LogP contribution in [-0.2, 0) is 4.74 Å². The van der Waals surface area contributed by atoms with Crippen molar-refractivity contribution >= 4 is 25.7 Å². The Bertz CT molecular complexity index is 293. The average Bonchev–Trinajstić information content (AvgIpc) is 2.10. The molecule has 0 amide bonds. The van der Waals surface area contributed by atoms with Crippen LogP contribution in [0.4, 0.5) is 25.2 Å². The Balaban J connectivity index is 0.000000360. The van der Waals surface area contributed by atoms with Crippen LogP contribution in [0.3, 0.4) is 0 Å². The molecule has 0 aromatic heterocycles. The molecule has 1 heterocycles. The maximum absolute atomic E-state index is 10.7. The Labute approximate surface area is 105 Å². The van der Waals surface area contributed by atoms with E-state index < -0.39 is 7.81 Å². The zero-order valence-corrected chi connectivity index (χ0v) is 11.1. The van der Waals surface area contributed by atoms with Gasteiger partial charge in [-0.3, -0.25) is 9.89 Å². The molecule has 0 aromatic carbocycles. The summed E-state index contributed by atoms with van der Waals surface area (Å²) < 4.78 is 66.5. The summed E-state index contributed by atoms with van der Waals surface area (Å²) in [6.45, 7) is 5.43. The summed E-state index contributed by atoms with van der Waals surface area (Å²) >= 11 is 5.78. The van der Waals surface area contributed by atoms with Crippen LogP contribution in [0.2, 0.25) is 0 Å². The van der Waals surface area contributed by atoms with E-state index in [2.05, 4.69) is 16.8 Å². The Hall–Kier alpha value is -0.270. The summed E-state index contributed by atoms with van der Waals surface area (Å²) in [6, 6.07) is 0. The van der Waals surface area contributed by atoms with Crippen molar-refractivity contribution in [1.29, 1.82) is 0 Å². The Kier molecular flexibility index (Phi) is 5.30. The van der Waals surface area contributed by atoms with Gasteiger partial charge in [0.25, 0.3) is 0 Å². The van der Waals surface area contributed by atoms with Crippen molar-refractivity contribution in [3.63, 3.8) is 0 Å². The van der Waals surface area contributed by atoms with Gasteiger partial charge >= 0.3 is 33.0 Å². The average molecular weight is 323 g/mol. The third-order valence-corrected chi connectivity index (χ3v) is 1.80. The zero-order chi connectivity index (χ0) is 14.5. The Morgan fingerprint density at radius 3 is 2.22 bits per heavy atom. The second kappa shape index (κ2) is 5.38. The molecule has 112 valence electrons. The van der Waals surface area contributed by atoms with Crippen molar-refractivity contribution in [2.45, 2.75) is 12.5 Å². The fraction of sp³-hybridized carbons (Fsp3) is 0.857. The number of halogens is 7. The van der Waals surface area contributed by atoms with E-state index in [0.717, 1.165) is 26.2 Å². The molecule has 1 atom stereocenters. The molecule has 1 aliphatic heterocycles. The minimum absolute atomic E-state index is 0.154. The summed E-state index contributed by atoms with van der Waals surface area (Å²) in [5, 5.41) is 3.13. The third kappa shape index (κ3) is 18.1. The van der Waals surface area contributed by atoms with E-state index >= 15 is 0 Å². The predicted molar refractivity (Wildman–Crippen MR) is 58.9 cm³/mol. The van der Waals surface area contributed by atoms with E-state index in [1.807, 2.05) is 6.34 Å². The second-order valence-electron chi connectivity index (χ2n) is 3.42. The number of ether oxygens (including phenoxy) is 1. The molecule has 0 spiro atoms. The first-order valence-electron chi connectivity index (χ1n) is 4.91. The molecule has 11 heteroatoms. The van der Waals surface area contributed by atoms with E-state index in [0.29, 0.717) is 0 Å². The number of hydrogen-bond donors (Lipinski definition) is 1. The van der Waals surface area contributed by atoms with Crippen molar-refractivity contribution in [2.75, 3.05) is 26.2 Å². The molecule has 0 bridgehead atoms. The van der Waals surface area contributed by atoms with Crippen molar-refractivity contribution in [3.05, 3.63) is 0 Å². The van der Waals surface area contributed by atoms with Gasteiger partial charge in [-0.15, -0.1) is 0 Å². The molecule has 0 aliphatic carbocycles. The summed E-state index contributed by atoms with van der Waals surface area (Å²) in [5.74, 6) is 0. The van der Waals surface area contributed by atoms with Gasteiger partial charge in [0.05, 0.1) is 13.2 Å². The quantitative estimate of drug-likeness (QED) is 0.276. The molecule has 0 radical (unpaired) electrons. The molecule has 1 rings (SSSR count). The molecule has 1 fully saturated rings. The number of alkyl halides is 1. The Morgan fingerprint density at radius 1 is 1.33 bits per heavy atom. The van der Waals surface area contributed by atoms with Crippen molar-refractivity contribution in [1.82, 2.24) is 5.32 Å². The van der Waals surface area contributed by atoms with Gasteiger partial charge in [-0.25, -0.2) is 0 Å². The van der Waals surface area contributed by atoms with Gasteiger partial charge in [0.15, 0.2) is 5.56 Å². The van der Waals surface area contributed by atoms with Crippen LogP contribution in [-0.4, -0.2) is 42.7 Å². The van der Waals surface area contributed by atoms with E-state index in [-0.39, 0.29) is 5.56 Å². The van der Waals surface area contributed by atoms with Crippen molar-refractivity contribution < 1.29 is 34.5 Å². The van der Waals surface area contributed by atoms with Crippen LogP contribution in [0.25, 0.3) is 0 Å². The van der Waals surface area contributed by atoms with E-state index in [4.69, 9.17) is 16.3 Å². The number of morpholine rings is 1. The van der Waals surface area contributed by atoms with Crippen molar-refractivity contribution in [3.8, 4) is 0 Å². The van der Waals surface area contributed by atoms with E-state index in [1.165, 1.54) is 0 Å². The van der Waals surface area contributed by atoms with Gasteiger partial charge in [0.2, 0.25) is 6.34 Å². The second-order valence-corrected chi connectivity index (χ2v) is 5.82. The first-order valence-corrected chi connectivity index (χ1v) is 7.37. The van der Waals surface area contributed by atoms with Gasteiger partial charge in [-0.05, 0) is 6.92 Å². The molecule has 1 saturated heterocycles. The predicted octanol–water partition coefficient (Wildman–Crippen LogP) is 3.61. The molecule has 1 aliphatic rings. The molecule has 18 heavy (non-hydrogen) atoms. The molecule has 0 aromatic rings. The van der Waals surface area contributed by atoms with Gasteiger partial charge in [0, 0.05) is 0 Å². The summed E-state index contributed by atoms with van der Waals surface area (Å²) in [4.78, 5) is 0. The topological polar surface area (TPSA) is 24.3 Å². The standard InChI is InChI=1S/C7H13ClN2O.F6P/c1-2-9-6-10-3-4-11-7(8)5-10;1-7(2,3,4,5)6/h6-7H,2-5H2,1H3;/q;-1/p+1. The first kappa shape index (κ1) is 17.7. The number of hydrogen-bond acceptors (Lipinski definition) is 1. The van der Waals surface area contributed by atoms with Gasteiger partial charge < -0.3 is 4.74 Å². The van der Waals surface area contributed by atoms with E-state index in [1.54, 1.807) is 0 Å². The van der Waals surface area contributed by atoms with Gasteiger partial charge in [-0.2, -0.15) is 0 Å². The molecular weight excluding hydrogens is 309 g/mol. The minimum atomic E-state index is -10.7. The molecule has 0 saturated carbocycles. The molecule has 1 unspecified atom stereocenters. The SMILES string of the molecule is CCNC=[N+]1CCOC(Cl)C1.F[P-](F)(F)(F)(F)F. The monoisotopic (exact) mass is 322 g/mol. The van der Waals surface area contributed by atoms with Crippen LogP contribution < -0.4 is 5.32 Å². The molecular formula is C7H14ClF6N2OP. The van der Waals surface area contributed by atoms with E-state index in [9.17, 15) is 25.2 Å². The van der Waals surface area contributed by atoms with Crippen LogP contribution >= 0.6 is 19.4 Å². The molecule has 1 N–H and O–H groups in total. The molecule has 3 nitrogen and oxygen atoms in total. The number of nitrogens with zero attached hydrogens (tertiary/aromatic N) is 1. The third-order valence-electron chi connectivity index (χ3n) is 1.53.